The van der Waals surface area contributed by atoms with Crippen molar-refractivity contribution in [3.63, 3.8) is 0 Å². The van der Waals surface area contributed by atoms with Gasteiger partial charge in [0.1, 0.15) is 11.9 Å². The van der Waals surface area contributed by atoms with E-state index in [2.05, 4.69) is 6.92 Å². The normalized spacial score (nSPS) is 28.0. The molecule has 0 aromatic carbocycles. The van der Waals surface area contributed by atoms with E-state index in [0.29, 0.717) is 6.42 Å². The fourth-order valence-corrected chi connectivity index (χ4v) is 2.81. The van der Waals surface area contributed by atoms with Crippen LogP contribution in [0.5, 0.6) is 0 Å². The van der Waals surface area contributed by atoms with Gasteiger partial charge in [0, 0.05) is 17.9 Å². The molecule has 0 aliphatic carbocycles. The summed E-state index contributed by atoms with van der Waals surface area (Å²) in [5.41, 5.74) is -0.763. The smallest absolute Gasteiger partial charge is 0.160 e. The van der Waals surface area contributed by atoms with Gasteiger partial charge in [-0.05, 0) is 41.0 Å². The number of piperidine rings is 1. The van der Waals surface area contributed by atoms with Crippen molar-refractivity contribution >= 4 is 11.6 Å². The summed E-state index contributed by atoms with van der Waals surface area (Å²) in [5, 5.41) is 1.90. The monoisotopic (exact) mass is 329 g/mol. The molecule has 0 aromatic heterocycles. The first-order valence-electron chi connectivity index (χ1n) is 9.06. The number of hydrogen-bond donors (Lipinski definition) is 0. The van der Waals surface area contributed by atoms with Crippen LogP contribution in [0, 0.1) is 5.92 Å². The van der Waals surface area contributed by atoms with Crippen LogP contribution in [0.4, 0.5) is 0 Å². The molecule has 0 N–H and O–H groups in total. The van der Waals surface area contributed by atoms with E-state index in [9.17, 15) is 9.59 Å². The van der Waals surface area contributed by atoms with E-state index in [1.807, 2.05) is 60.5 Å². The Hall–Kier alpha value is -0.740. The van der Waals surface area contributed by atoms with Crippen LogP contribution in [0.25, 0.3) is 0 Å². The van der Waals surface area contributed by atoms with Crippen LogP contribution in [-0.2, 0) is 14.4 Å². The van der Waals surface area contributed by atoms with Crippen LogP contribution in [0.2, 0.25) is 0 Å². The van der Waals surface area contributed by atoms with Crippen LogP contribution < -0.4 is 0 Å². The van der Waals surface area contributed by atoms with Crippen LogP contribution in [-0.4, -0.2) is 33.8 Å². The minimum atomic E-state index is -0.481. The third-order valence-electron chi connectivity index (χ3n) is 4.59. The van der Waals surface area contributed by atoms with Gasteiger partial charge in [-0.15, -0.1) is 0 Å². The summed E-state index contributed by atoms with van der Waals surface area (Å²) < 4.78 is 0. The molecule has 0 radical (unpaired) electrons. The summed E-state index contributed by atoms with van der Waals surface area (Å²) >= 11 is 0. The van der Waals surface area contributed by atoms with Crippen LogP contribution >= 0.6 is 0 Å². The second kappa shape index (κ2) is 10.2. The standard InChI is InChI=1S/C15H27NO3.2C2H6/c1-8-15(7)10(2)13(18)9-14(5,6)16(15)19-12(4)11(3)17;2*1-2/h10,12H,8-9H2,1-7H3;2*1-2H3. The van der Waals surface area contributed by atoms with Gasteiger partial charge in [0.05, 0.1) is 5.54 Å². The second-order valence-electron chi connectivity index (χ2n) is 6.54. The zero-order chi connectivity index (χ0) is 19.0. The lowest BCUT2D eigenvalue weighted by Crippen LogP contribution is -2.66. The van der Waals surface area contributed by atoms with Gasteiger partial charge in [-0.2, -0.15) is 5.06 Å². The highest BCUT2D eigenvalue weighted by molar-refractivity contribution is 5.84. The summed E-state index contributed by atoms with van der Waals surface area (Å²) in [6.07, 6.45) is 0.771. The van der Waals surface area contributed by atoms with E-state index < -0.39 is 11.6 Å². The predicted octanol–water partition coefficient (Wildman–Crippen LogP) is 4.81. The molecule has 0 amide bonds. The van der Waals surface area contributed by atoms with Gasteiger partial charge in [-0.1, -0.05) is 41.5 Å². The summed E-state index contributed by atoms with van der Waals surface area (Å²) in [4.78, 5) is 29.6. The third-order valence-corrected chi connectivity index (χ3v) is 4.59. The molecule has 23 heavy (non-hydrogen) atoms. The molecule has 1 heterocycles. The lowest BCUT2D eigenvalue weighted by molar-refractivity contribution is -0.303. The van der Waals surface area contributed by atoms with Crippen molar-refractivity contribution < 1.29 is 14.4 Å². The maximum Gasteiger partial charge on any atom is 0.160 e. The number of hydroxylamine groups is 2. The Morgan fingerprint density at radius 2 is 1.70 bits per heavy atom. The quantitative estimate of drug-likeness (QED) is 0.743. The molecule has 1 saturated heterocycles. The number of hydrogen-bond acceptors (Lipinski definition) is 4. The number of Topliss-reactive ketones (excluding diaryl/α,β-unsaturated/α-hetero) is 2. The molecular weight excluding hydrogens is 290 g/mol. The molecule has 0 saturated carbocycles. The molecule has 4 nitrogen and oxygen atoms in total. The lowest BCUT2D eigenvalue weighted by atomic mass is 9.72. The van der Waals surface area contributed by atoms with Crippen molar-refractivity contribution in [3.05, 3.63) is 0 Å². The van der Waals surface area contributed by atoms with Crippen LogP contribution in [0.1, 0.15) is 89.0 Å². The average Bonchev–Trinajstić information content (AvgIpc) is 2.52. The van der Waals surface area contributed by atoms with E-state index in [4.69, 9.17) is 4.84 Å². The molecule has 3 atom stereocenters. The fraction of sp³-hybridized carbons (Fsp3) is 0.895. The molecule has 4 heteroatoms. The largest absolute Gasteiger partial charge is 0.299 e. The molecule has 1 aliphatic heterocycles. The van der Waals surface area contributed by atoms with Crippen LogP contribution in [0.3, 0.4) is 0 Å². The Morgan fingerprint density at radius 3 is 2.04 bits per heavy atom. The number of rotatable bonds is 4. The highest BCUT2D eigenvalue weighted by Crippen LogP contribution is 2.42. The van der Waals surface area contributed by atoms with Gasteiger partial charge in [-0.25, -0.2) is 0 Å². The van der Waals surface area contributed by atoms with Crippen molar-refractivity contribution in [2.45, 2.75) is 106 Å². The number of carbonyl (C=O) groups is 2. The van der Waals surface area contributed by atoms with Crippen molar-refractivity contribution in [2.24, 2.45) is 5.92 Å². The molecule has 0 bridgehead atoms. The third kappa shape index (κ3) is 5.68. The van der Waals surface area contributed by atoms with E-state index >= 15 is 0 Å². The molecule has 0 spiro atoms. The zero-order valence-corrected chi connectivity index (χ0v) is 17.2. The Bertz CT molecular complexity index is 379. The first-order valence-corrected chi connectivity index (χ1v) is 9.06. The summed E-state index contributed by atoms with van der Waals surface area (Å²) in [5.74, 6) is 0.174. The minimum absolute atomic E-state index is 0.00111. The Balaban J connectivity index is 0. The molecule has 1 fully saturated rings. The lowest BCUT2D eigenvalue weighted by Gasteiger charge is -2.55. The molecular formula is C19H39NO3. The van der Waals surface area contributed by atoms with Gasteiger partial charge < -0.3 is 0 Å². The topological polar surface area (TPSA) is 46.6 Å². The van der Waals surface area contributed by atoms with Gasteiger partial charge in [0.25, 0.3) is 0 Å². The number of nitrogens with zero attached hydrogens (tertiary/aromatic N) is 1. The first-order chi connectivity index (χ1) is 10.6. The maximum absolute atomic E-state index is 12.2. The SMILES string of the molecule is CC.CC.CCC1(C)C(C)C(=O)CC(C)(C)N1OC(C)C(C)=O. The van der Waals surface area contributed by atoms with Crippen molar-refractivity contribution in [1.82, 2.24) is 5.06 Å². The Kier molecular flexibility index (Phi) is 10.9. The highest BCUT2D eigenvalue weighted by atomic mass is 16.7. The molecule has 138 valence electrons. The van der Waals surface area contributed by atoms with Gasteiger partial charge in [0.15, 0.2) is 5.78 Å². The molecule has 1 rings (SSSR count). The predicted molar refractivity (Wildman–Crippen MR) is 97.3 cm³/mol. The maximum atomic E-state index is 12.2. The zero-order valence-electron chi connectivity index (χ0n) is 17.2. The molecule has 1 aliphatic rings. The summed E-state index contributed by atoms with van der Waals surface area (Å²) in [6.45, 7) is 21.3. The highest BCUT2D eigenvalue weighted by Gasteiger charge is 2.52. The fourth-order valence-electron chi connectivity index (χ4n) is 2.81. The van der Waals surface area contributed by atoms with Crippen molar-refractivity contribution in [3.8, 4) is 0 Å². The Labute approximate surface area is 143 Å². The van der Waals surface area contributed by atoms with E-state index in [-0.39, 0.29) is 23.0 Å². The molecule has 0 aromatic rings. The van der Waals surface area contributed by atoms with Gasteiger partial charge in [0.2, 0.25) is 0 Å². The minimum Gasteiger partial charge on any atom is -0.299 e. The molecule has 3 unspecified atom stereocenters. The van der Waals surface area contributed by atoms with Gasteiger partial charge >= 0.3 is 0 Å². The van der Waals surface area contributed by atoms with Gasteiger partial charge in [-0.3, -0.25) is 14.4 Å². The second-order valence-corrected chi connectivity index (χ2v) is 6.54. The van der Waals surface area contributed by atoms with Crippen molar-refractivity contribution in [2.75, 3.05) is 0 Å². The number of carbonyl (C=O) groups excluding carboxylic acids is 2. The number of ketones is 2. The van der Waals surface area contributed by atoms with E-state index in [1.165, 1.54) is 6.92 Å². The summed E-state index contributed by atoms with van der Waals surface area (Å²) in [7, 11) is 0. The van der Waals surface area contributed by atoms with E-state index in [1.54, 1.807) is 6.92 Å². The Morgan fingerprint density at radius 1 is 1.26 bits per heavy atom. The van der Waals surface area contributed by atoms with Crippen molar-refractivity contribution in [1.29, 1.82) is 0 Å². The average molecular weight is 330 g/mol. The van der Waals surface area contributed by atoms with Crippen LogP contribution in [0.15, 0.2) is 0 Å². The first kappa shape index (κ1) is 24.5. The van der Waals surface area contributed by atoms with E-state index in [0.717, 1.165) is 6.42 Å². The summed E-state index contributed by atoms with van der Waals surface area (Å²) in [6, 6.07) is 0.